The molecule has 5 rings (SSSR count). The Morgan fingerprint density at radius 3 is 2.93 bits per heavy atom. The second-order valence-electron chi connectivity index (χ2n) is 7.11. The van der Waals surface area contributed by atoms with Gasteiger partial charge in [0.15, 0.2) is 11.6 Å². The van der Waals surface area contributed by atoms with Crippen molar-refractivity contribution in [1.29, 1.82) is 0 Å². The zero-order valence-corrected chi connectivity index (χ0v) is 17.2. The summed E-state index contributed by atoms with van der Waals surface area (Å²) in [5.74, 6) is 2.24. The lowest BCUT2D eigenvalue weighted by Gasteiger charge is -2.45. The molecule has 2 aliphatic heterocycles. The standard InChI is InChI=1S/C19H19ClN6OS/c1-3-19-7-4-9-26(19)15-12(24(2)17(19)27)11-22-18(23-15)25-10-8-21-16(25)13-5-6-14(20)28-13/h5-6,8,10-11H,3-4,7,9H2,1-2H3. The van der Waals surface area contributed by atoms with Crippen LogP contribution >= 0.6 is 22.9 Å². The number of likely N-dealkylation sites (N-methyl/N-ethyl adjacent to an activating group) is 1. The van der Waals surface area contributed by atoms with E-state index in [2.05, 4.69) is 21.8 Å². The highest BCUT2D eigenvalue weighted by atomic mass is 35.5. The van der Waals surface area contributed by atoms with E-state index >= 15 is 0 Å². The summed E-state index contributed by atoms with van der Waals surface area (Å²) in [5.41, 5.74) is 0.257. The first-order chi connectivity index (χ1) is 13.5. The summed E-state index contributed by atoms with van der Waals surface area (Å²) in [7, 11) is 1.81. The number of fused-ring (bicyclic) bond motifs is 3. The van der Waals surface area contributed by atoms with Gasteiger partial charge in [0, 0.05) is 26.0 Å². The molecule has 144 valence electrons. The molecule has 0 N–H and O–H groups in total. The highest BCUT2D eigenvalue weighted by Gasteiger charge is 2.52. The Hall–Kier alpha value is -2.45. The van der Waals surface area contributed by atoms with Crippen LogP contribution in [0.25, 0.3) is 16.6 Å². The van der Waals surface area contributed by atoms with Gasteiger partial charge in [-0.15, -0.1) is 11.3 Å². The Kier molecular flexibility index (Phi) is 3.96. The van der Waals surface area contributed by atoms with Crippen molar-refractivity contribution >= 4 is 40.4 Å². The third-order valence-corrected chi connectivity index (χ3v) is 7.01. The van der Waals surface area contributed by atoms with Crippen LogP contribution in [0.1, 0.15) is 26.2 Å². The fraction of sp³-hybridized carbons (Fsp3) is 0.368. The van der Waals surface area contributed by atoms with E-state index < -0.39 is 5.54 Å². The Balaban J connectivity index is 1.64. The number of amides is 1. The molecular weight excluding hydrogens is 396 g/mol. The zero-order chi connectivity index (χ0) is 19.5. The Labute approximate surface area is 171 Å². The van der Waals surface area contributed by atoms with E-state index in [4.69, 9.17) is 16.6 Å². The molecule has 0 saturated carbocycles. The topological polar surface area (TPSA) is 67.2 Å². The van der Waals surface area contributed by atoms with E-state index in [1.807, 2.05) is 29.9 Å². The van der Waals surface area contributed by atoms with Gasteiger partial charge in [-0.1, -0.05) is 18.5 Å². The van der Waals surface area contributed by atoms with Crippen LogP contribution in [0.3, 0.4) is 0 Å². The van der Waals surface area contributed by atoms with Crippen molar-refractivity contribution < 1.29 is 4.79 Å². The molecule has 0 aromatic carbocycles. The molecule has 1 amide bonds. The summed E-state index contributed by atoms with van der Waals surface area (Å²) >= 11 is 7.56. The maximum absolute atomic E-state index is 13.1. The van der Waals surface area contributed by atoms with Gasteiger partial charge >= 0.3 is 0 Å². The monoisotopic (exact) mass is 414 g/mol. The van der Waals surface area contributed by atoms with Crippen molar-refractivity contribution in [3.63, 3.8) is 0 Å². The summed E-state index contributed by atoms with van der Waals surface area (Å²) in [6, 6.07) is 3.80. The van der Waals surface area contributed by atoms with E-state index in [-0.39, 0.29) is 5.91 Å². The lowest BCUT2D eigenvalue weighted by Crippen LogP contribution is -2.59. The van der Waals surface area contributed by atoms with E-state index in [1.54, 1.807) is 17.3 Å². The predicted octanol–water partition coefficient (Wildman–Crippen LogP) is 3.77. The molecular formula is C19H19ClN6OS. The van der Waals surface area contributed by atoms with Crippen LogP contribution in [0.2, 0.25) is 4.34 Å². The zero-order valence-electron chi connectivity index (χ0n) is 15.6. The van der Waals surface area contributed by atoms with Crippen molar-refractivity contribution in [1.82, 2.24) is 19.5 Å². The number of hydrogen-bond acceptors (Lipinski definition) is 6. The number of aromatic nitrogens is 4. The average Bonchev–Trinajstić information content (AvgIpc) is 3.44. The number of carbonyl (C=O) groups is 1. The number of rotatable bonds is 3. The Morgan fingerprint density at radius 1 is 1.32 bits per heavy atom. The first kappa shape index (κ1) is 17.6. The molecule has 7 nitrogen and oxygen atoms in total. The average molecular weight is 415 g/mol. The Bertz CT molecular complexity index is 1080. The lowest BCUT2D eigenvalue weighted by atomic mass is 9.89. The molecule has 0 bridgehead atoms. The number of nitrogens with zero attached hydrogens (tertiary/aromatic N) is 6. The molecule has 2 aliphatic rings. The number of imidazole rings is 1. The van der Waals surface area contributed by atoms with Crippen LogP contribution in [0.15, 0.2) is 30.7 Å². The number of thiophene rings is 1. The lowest BCUT2D eigenvalue weighted by molar-refractivity contribution is -0.123. The minimum atomic E-state index is -0.494. The molecule has 3 aromatic heterocycles. The van der Waals surface area contributed by atoms with E-state index in [0.717, 1.165) is 48.0 Å². The van der Waals surface area contributed by atoms with Gasteiger partial charge in [-0.25, -0.2) is 9.97 Å². The molecule has 9 heteroatoms. The first-order valence-electron chi connectivity index (χ1n) is 9.27. The van der Waals surface area contributed by atoms with E-state index in [1.165, 1.54) is 11.3 Å². The third kappa shape index (κ3) is 2.34. The van der Waals surface area contributed by atoms with Crippen molar-refractivity contribution in [3.8, 4) is 16.6 Å². The normalized spacial score (nSPS) is 21.2. The highest BCUT2D eigenvalue weighted by molar-refractivity contribution is 7.19. The van der Waals surface area contributed by atoms with Crippen molar-refractivity contribution in [2.45, 2.75) is 31.7 Å². The molecule has 1 fully saturated rings. The molecule has 1 unspecified atom stereocenters. The second-order valence-corrected chi connectivity index (χ2v) is 8.82. The Morgan fingerprint density at radius 2 is 2.18 bits per heavy atom. The van der Waals surface area contributed by atoms with Crippen LogP contribution in [0, 0.1) is 0 Å². The fourth-order valence-corrected chi connectivity index (χ4v) is 5.38. The van der Waals surface area contributed by atoms with Crippen LogP contribution in [0.4, 0.5) is 11.5 Å². The van der Waals surface area contributed by atoms with E-state index in [9.17, 15) is 4.79 Å². The minimum absolute atomic E-state index is 0.132. The minimum Gasteiger partial charge on any atom is -0.340 e. The van der Waals surface area contributed by atoms with Gasteiger partial charge in [-0.05, 0) is 31.4 Å². The summed E-state index contributed by atoms with van der Waals surface area (Å²) in [5, 5.41) is 0. The molecule has 0 radical (unpaired) electrons. The largest absolute Gasteiger partial charge is 0.340 e. The summed E-state index contributed by atoms with van der Waals surface area (Å²) in [4.78, 5) is 31.8. The van der Waals surface area contributed by atoms with E-state index in [0.29, 0.717) is 10.3 Å². The maximum Gasteiger partial charge on any atom is 0.252 e. The SMILES string of the molecule is CCC12CCCN1c1nc(-n3ccnc3-c3ccc(Cl)s3)ncc1N(C)C2=O. The van der Waals surface area contributed by atoms with Gasteiger partial charge in [0.05, 0.1) is 15.4 Å². The van der Waals surface area contributed by atoms with Gasteiger partial charge < -0.3 is 9.80 Å². The number of carbonyl (C=O) groups excluding carboxylic acids is 1. The van der Waals surface area contributed by atoms with Gasteiger partial charge in [0.2, 0.25) is 5.95 Å². The summed E-state index contributed by atoms with van der Waals surface area (Å²) in [6.45, 7) is 2.90. The molecule has 5 heterocycles. The molecule has 0 aliphatic carbocycles. The van der Waals surface area contributed by atoms with Crippen LogP contribution in [-0.4, -0.2) is 44.6 Å². The first-order valence-corrected chi connectivity index (χ1v) is 10.5. The number of anilines is 2. The van der Waals surface area contributed by atoms with Crippen molar-refractivity contribution in [2.75, 3.05) is 23.4 Å². The second kappa shape index (κ2) is 6.28. The van der Waals surface area contributed by atoms with Gasteiger partial charge in [0.25, 0.3) is 5.91 Å². The van der Waals surface area contributed by atoms with Crippen molar-refractivity contribution in [2.24, 2.45) is 0 Å². The maximum atomic E-state index is 13.1. The van der Waals surface area contributed by atoms with Gasteiger partial charge in [0.1, 0.15) is 11.2 Å². The van der Waals surface area contributed by atoms with Gasteiger partial charge in [-0.3, -0.25) is 9.36 Å². The molecule has 3 aromatic rings. The molecule has 1 atom stereocenters. The fourth-order valence-electron chi connectivity index (χ4n) is 4.34. The smallest absolute Gasteiger partial charge is 0.252 e. The third-order valence-electron chi connectivity index (χ3n) is 5.78. The molecule has 0 spiro atoms. The molecule has 1 saturated heterocycles. The number of halogens is 1. The van der Waals surface area contributed by atoms with Crippen LogP contribution in [0.5, 0.6) is 0 Å². The highest BCUT2D eigenvalue weighted by Crippen LogP contribution is 2.45. The van der Waals surface area contributed by atoms with Gasteiger partial charge in [-0.2, -0.15) is 4.98 Å². The summed E-state index contributed by atoms with van der Waals surface area (Å²) in [6.07, 6.45) is 7.91. The van der Waals surface area contributed by atoms with Crippen LogP contribution in [-0.2, 0) is 4.79 Å². The predicted molar refractivity (Wildman–Crippen MR) is 110 cm³/mol. The van der Waals surface area contributed by atoms with Crippen molar-refractivity contribution in [3.05, 3.63) is 35.1 Å². The quantitative estimate of drug-likeness (QED) is 0.652. The number of hydrogen-bond donors (Lipinski definition) is 0. The molecule has 28 heavy (non-hydrogen) atoms. The van der Waals surface area contributed by atoms with Crippen LogP contribution < -0.4 is 9.80 Å². The summed E-state index contributed by atoms with van der Waals surface area (Å²) < 4.78 is 2.57.